The molecule has 7 heteroatoms. The SMILES string of the molecule is Cn1nc(C(C)(C)C)cc1C(=O)Nc1cccc(-c2ccc(NCCCN3CCOCC3)cc2)c1. The Hall–Kier alpha value is -3.16. The molecule has 1 saturated heterocycles. The molecule has 4 rings (SSSR count). The molecule has 1 amide bonds. The lowest BCUT2D eigenvalue weighted by atomic mass is 9.92. The molecule has 3 aromatic rings. The average Bonchev–Trinajstić information content (AvgIpc) is 3.25. The van der Waals surface area contributed by atoms with Gasteiger partial charge in [0, 0.05) is 43.5 Å². The molecule has 2 heterocycles. The molecule has 7 nitrogen and oxygen atoms in total. The number of hydrogen-bond acceptors (Lipinski definition) is 5. The lowest BCUT2D eigenvalue weighted by Gasteiger charge is -2.26. The molecule has 35 heavy (non-hydrogen) atoms. The molecule has 1 aliphatic heterocycles. The number of carbonyl (C=O) groups is 1. The van der Waals surface area contributed by atoms with Crippen molar-refractivity contribution in [2.24, 2.45) is 7.05 Å². The number of aryl methyl sites for hydroxylation is 1. The van der Waals surface area contributed by atoms with Crippen molar-refractivity contribution in [1.82, 2.24) is 14.7 Å². The second-order valence-corrected chi connectivity index (χ2v) is 10.1. The maximum atomic E-state index is 12.9. The lowest BCUT2D eigenvalue weighted by Crippen LogP contribution is -2.37. The molecule has 1 aromatic heterocycles. The van der Waals surface area contributed by atoms with E-state index in [1.165, 1.54) is 0 Å². The third-order valence-electron chi connectivity index (χ3n) is 6.30. The molecule has 0 spiro atoms. The number of carbonyl (C=O) groups excluding carboxylic acids is 1. The van der Waals surface area contributed by atoms with Crippen molar-refractivity contribution in [3.05, 3.63) is 66.0 Å². The summed E-state index contributed by atoms with van der Waals surface area (Å²) in [6, 6.07) is 18.2. The van der Waals surface area contributed by atoms with Crippen LogP contribution in [0.2, 0.25) is 0 Å². The zero-order chi connectivity index (χ0) is 24.8. The molecule has 186 valence electrons. The van der Waals surface area contributed by atoms with Crippen LogP contribution in [0.25, 0.3) is 11.1 Å². The highest BCUT2D eigenvalue weighted by Crippen LogP contribution is 2.25. The second-order valence-electron chi connectivity index (χ2n) is 10.1. The molecule has 1 aliphatic rings. The van der Waals surface area contributed by atoms with Crippen LogP contribution in [0.1, 0.15) is 43.4 Å². The first kappa shape index (κ1) is 24.9. The number of amides is 1. The normalized spacial score (nSPS) is 14.6. The lowest BCUT2D eigenvalue weighted by molar-refractivity contribution is 0.0378. The average molecular weight is 476 g/mol. The van der Waals surface area contributed by atoms with Crippen molar-refractivity contribution in [3.8, 4) is 11.1 Å². The smallest absolute Gasteiger partial charge is 0.273 e. The van der Waals surface area contributed by atoms with Crippen molar-refractivity contribution >= 4 is 17.3 Å². The Morgan fingerprint density at radius 2 is 1.74 bits per heavy atom. The molecule has 1 fully saturated rings. The molecule has 0 saturated carbocycles. The van der Waals surface area contributed by atoms with Crippen molar-refractivity contribution in [2.45, 2.75) is 32.6 Å². The van der Waals surface area contributed by atoms with E-state index in [4.69, 9.17) is 4.74 Å². The summed E-state index contributed by atoms with van der Waals surface area (Å²) in [6.45, 7) is 12.1. The first-order valence-electron chi connectivity index (χ1n) is 12.4. The minimum atomic E-state index is -0.163. The summed E-state index contributed by atoms with van der Waals surface area (Å²) in [6.07, 6.45) is 1.11. The van der Waals surface area contributed by atoms with E-state index in [0.29, 0.717) is 5.69 Å². The summed E-state index contributed by atoms with van der Waals surface area (Å²) in [7, 11) is 1.80. The summed E-state index contributed by atoms with van der Waals surface area (Å²) in [4.78, 5) is 15.4. The van der Waals surface area contributed by atoms with Gasteiger partial charge in [-0.3, -0.25) is 14.4 Å². The van der Waals surface area contributed by atoms with Crippen LogP contribution < -0.4 is 10.6 Å². The second kappa shape index (κ2) is 11.1. The van der Waals surface area contributed by atoms with Crippen molar-refractivity contribution in [2.75, 3.05) is 50.0 Å². The van der Waals surface area contributed by atoms with Crippen LogP contribution in [-0.4, -0.2) is 60.0 Å². The summed E-state index contributed by atoms with van der Waals surface area (Å²) >= 11 is 0. The molecule has 0 atom stereocenters. The summed E-state index contributed by atoms with van der Waals surface area (Å²) < 4.78 is 7.05. The molecule has 2 N–H and O–H groups in total. The number of anilines is 2. The van der Waals surface area contributed by atoms with Gasteiger partial charge in [0.05, 0.1) is 18.9 Å². The van der Waals surface area contributed by atoms with Crippen molar-refractivity contribution in [3.63, 3.8) is 0 Å². The van der Waals surface area contributed by atoms with Crippen molar-refractivity contribution < 1.29 is 9.53 Å². The Kier molecular flexibility index (Phi) is 7.88. The molecular weight excluding hydrogens is 438 g/mol. The van der Waals surface area contributed by atoms with Crippen LogP contribution in [0, 0.1) is 0 Å². The van der Waals surface area contributed by atoms with Crippen LogP contribution in [0.15, 0.2) is 54.6 Å². The number of benzene rings is 2. The van der Waals surface area contributed by atoms with Gasteiger partial charge in [-0.1, -0.05) is 45.0 Å². The molecule has 0 aliphatic carbocycles. The monoisotopic (exact) mass is 475 g/mol. The van der Waals surface area contributed by atoms with Crippen LogP contribution >= 0.6 is 0 Å². The predicted octanol–water partition coefficient (Wildman–Crippen LogP) is 4.77. The molecule has 0 bridgehead atoms. The van der Waals surface area contributed by atoms with Gasteiger partial charge in [-0.05, 0) is 54.4 Å². The predicted molar refractivity (Wildman–Crippen MR) is 142 cm³/mol. The third kappa shape index (κ3) is 6.71. The van der Waals surface area contributed by atoms with Gasteiger partial charge in [0.1, 0.15) is 5.69 Å². The summed E-state index contributed by atoms with van der Waals surface area (Å²) in [5.74, 6) is -0.163. The molecule has 0 radical (unpaired) electrons. The van der Waals surface area contributed by atoms with Gasteiger partial charge in [0.25, 0.3) is 5.91 Å². The highest BCUT2D eigenvalue weighted by molar-refractivity contribution is 6.03. The Balaban J connectivity index is 1.33. The fourth-order valence-corrected chi connectivity index (χ4v) is 4.16. The largest absolute Gasteiger partial charge is 0.385 e. The number of aromatic nitrogens is 2. The van der Waals surface area contributed by atoms with Crippen molar-refractivity contribution in [1.29, 1.82) is 0 Å². The van der Waals surface area contributed by atoms with E-state index in [1.807, 2.05) is 24.3 Å². The van der Waals surface area contributed by atoms with Crippen LogP contribution in [0.3, 0.4) is 0 Å². The van der Waals surface area contributed by atoms with E-state index in [0.717, 1.165) is 74.0 Å². The van der Waals surface area contributed by atoms with Crippen LogP contribution in [0.5, 0.6) is 0 Å². The van der Waals surface area contributed by atoms with Gasteiger partial charge in [-0.2, -0.15) is 5.10 Å². The topological polar surface area (TPSA) is 71.4 Å². The standard InChI is InChI=1S/C28H37N5O2/c1-28(2,3)26-20-25(32(4)31-26)27(34)30-24-8-5-7-22(19-24)21-9-11-23(12-10-21)29-13-6-14-33-15-17-35-18-16-33/h5,7-12,19-20,29H,6,13-18H2,1-4H3,(H,30,34). The molecule has 2 aromatic carbocycles. The number of nitrogens with one attached hydrogen (secondary N) is 2. The number of ether oxygens (including phenoxy) is 1. The van der Waals surface area contributed by atoms with E-state index < -0.39 is 0 Å². The Morgan fingerprint density at radius 1 is 1.00 bits per heavy atom. The Labute approximate surface area is 208 Å². The Morgan fingerprint density at radius 3 is 2.43 bits per heavy atom. The quantitative estimate of drug-likeness (QED) is 0.459. The fraction of sp³-hybridized carbons (Fsp3) is 0.429. The van der Waals surface area contributed by atoms with Gasteiger partial charge >= 0.3 is 0 Å². The van der Waals surface area contributed by atoms with E-state index in [1.54, 1.807) is 11.7 Å². The zero-order valence-corrected chi connectivity index (χ0v) is 21.3. The zero-order valence-electron chi connectivity index (χ0n) is 21.3. The maximum absolute atomic E-state index is 12.9. The first-order chi connectivity index (χ1) is 16.8. The van der Waals surface area contributed by atoms with E-state index in [-0.39, 0.29) is 11.3 Å². The van der Waals surface area contributed by atoms with Crippen LogP contribution in [0.4, 0.5) is 11.4 Å². The van der Waals surface area contributed by atoms with E-state index >= 15 is 0 Å². The summed E-state index contributed by atoms with van der Waals surface area (Å²) in [5.41, 5.74) is 5.37. The van der Waals surface area contributed by atoms with Gasteiger partial charge in [0.2, 0.25) is 0 Å². The van der Waals surface area contributed by atoms with E-state index in [2.05, 4.69) is 71.7 Å². The molecule has 0 unspecified atom stereocenters. The van der Waals surface area contributed by atoms with Gasteiger partial charge in [-0.15, -0.1) is 0 Å². The maximum Gasteiger partial charge on any atom is 0.273 e. The van der Waals surface area contributed by atoms with Gasteiger partial charge in [0.15, 0.2) is 0 Å². The number of nitrogens with zero attached hydrogens (tertiary/aromatic N) is 3. The fourth-order valence-electron chi connectivity index (χ4n) is 4.16. The van der Waals surface area contributed by atoms with E-state index in [9.17, 15) is 4.79 Å². The summed E-state index contributed by atoms with van der Waals surface area (Å²) in [5, 5.41) is 11.0. The number of morpholine rings is 1. The number of hydrogen-bond donors (Lipinski definition) is 2. The minimum Gasteiger partial charge on any atom is -0.385 e. The van der Waals surface area contributed by atoms with Crippen LogP contribution in [-0.2, 0) is 17.2 Å². The minimum absolute atomic E-state index is 0.111. The van der Waals surface area contributed by atoms with Gasteiger partial charge < -0.3 is 15.4 Å². The highest BCUT2D eigenvalue weighted by Gasteiger charge is 2.21. The molecular formula is C28H37N5O2. The Bertz CT molecular complexity index is 1120. The van der Waals surface area contributed by atoms with Gasteiger partial charge in [-0.25, -0.2) is 0 Å². The number of rotatable bonds is 8. The highest BCUT2D eigenvalue weighted by atomic mass is 16.5. The first-order valence-corrected chi connectivity index (χ1v) is 12.4. The third-order valence-corrected chi connectivity index (χ3v) is 6.30.